The number of hydrogen-bond donors (Lipinski definition) is 1. The van der Waals surface area contributed by atoms with Crippen LogP contribution >= 0.6 is 23.2 Å². The van der Waals surface area contributed by atoms with Crippen molar-refractivity contribution in [1.82, 2.24) is 10.3 Å². The topological polar surface area (TPSA) is 34.1 Å². The van der Waals surface area contributed by atoms with E-state index >= 15 is 0 Å². The summed E-state index contributed by atoms with van der Waals surface area (Å²) in [6, 6.07) is 7.76. The van der Waals surface area contributed by atoms with Crippen LogP contribution in [0.2, 0.25) is 10.0 Å². The van der Waals surface area contributed by atoms with Crippen LogP contribution in [-0.4, -0.2) is 24.2 Å². The number of alkyl halides is 3. The molecular weight excluding hydrogens is 388 g/mol. The SMILES string of the molecule is C[C@H](Oc1ccc(C(F)(F)F)cn1)[C@H]1CNC[C@@H]1c1ccc(Cl)c(Cl)c1. The minimum absolute atomic E-state index is 0.122. The number of aromatic nitrogens is 1. The van der Waals surface area contributed by atoms with Gasteiger partial charge in [0.25, 0.3) is 0 Å². The summed E-state index contributed by atoms with van der Waals surface area (Å²) in [5.41, 5.74) is 0.249. The third kappa shape index (κ3) is 4.24. The van der Waals surface area contributed by atoms with E-state index in [1.807, 2.05) is 19.1 Å². The summed E-state index contributed by atoms with van der Waals surface area (Å²) in [6.45, 7) is 3.38. The standard InChI is InChI=1S/C18H17Cl2F3N2O/c1-10(26-17-5-3-12(7-25-17)18(21,22)23)13-8-24-9-14(13)11-2-4-15(19)16(20)6-11/h2-7,10,13-14,24H,8-9H2,1H3/t10-,13+,14+/m0/s1. The molecule has 0 aliphatic carbocycles. The Bertz CT molecular complexity index is 768. The van der Waals surface area contributed by atoms with Gasteiger partial charge in [-0.2, -0.15) is 13.2 Å². The molecule has 0 bridgehead atoms. The van der Waals surface area contributed by atoms with E-state index in [9.17, 15) is 13.2 Å². The predicted octanol–water partition coefficient (Wildman–Crippen LogP) is 5.18. The number of halogens is 5. The third-order valence-corrected chi connectivity index (χ3v) is 5.35. The molecule has 0 amide bonds. The molecule has 3 rings (SSSR count). The maximum atomic E-state index is 12.6. The molecular formula is C18H17Cl2F3N2O. The molecule has 2 aromatic rings. The zero-order valence-electron chi connectivity index (χ0n) is 13.9. The highest BCUT2D eigenvalue weighted by Gasteiger charge is 2.35. The van der Waals surface area contributed by atoms with Crippen molar-refractivity contribution in [3.8, 4) is 5.88 Å². The van der Waals surface area contributed by atoms with Crippen molar-refractivity contribution in [1.29, 1.82) is 0 Å². The molecule has 0 spiro atoms. The molecule has 3 atom stereocenters. The van der Waals surface area contributed by atoms with E-state index in [2.05, 4.69) is 10.3 Å². The van der Waals surface area contributed by atoms with Gasteiger partial charge in [0.1, 0.15) is 6.10 Å². The summed E-state index contributed by atoms with van der Waals surface area (Å²) in [5.74, 6) is 0.454. The largest absolute Gasteiger partial charge is 0.474 e. The fraction of sp³-hybridized carbons (Fsp3) is 0.389. The van der Waals surface area contributed by atoms with Crippen molar-refractivity contribution >= 4 is 23.2 Å². The normalized spacial score (nSPS) is 21.6. The lowest BCUT2D eigenvalue weighted by Gasteiger charge is -2.26. The Morgan fingerprint density at radius 2 is 1.92 bits per heavy atom. The second-order valence-electron chi connectivity index (χ2n) is 6.31. The minimum Gasteiger partial charge on any atom is -0.474 e. The predicted molar refractivity (Wildman–Crippen MR) is 94.9 cm³/mol. The van der Waals surface area contributed by atoms with Gasteiger partial charge in [0.05, 0.1) is 15.6 Å². The minimum atomic E-state index is -4.41. The molecule has 1 aliphatic rings. The highest BCUT2D eigenvalue weighted by Crippen LogP contribution is 2.35. The van der Waals surface area contributed by atoms with Crippen LogP contribution in [0, 0.1) is 5.92 Å². The van der Waals surface area contributed by atoms with Gasteiger partial charge < -0.3 is 10.1 Å². The first-order valence-corrected chi connectivity index (χ1v) is 8.87. The highest BCUT2D eigenvalue weighted by molar-refractivity contribution is 6.42. The van der Waals surface area contributed by atoms with Crippen molar-refractivity contribution in [2.75, 3.05) is 13.1 Å². The molecule has 1 fully saturated rings. The van der Waals surface area contributed by atoms with Gasteiger partial charge in [-0.25, -0.2) is 4.98 Å². The summed E-state index contributed by atoms with van der Waals surface area (Å²) in [7, 11) is 0. The van der Waals surface area contributed by atoms with E-state index < -0.39 is 11.7 Å². The van der Waals surface area contributed by atoms with Gasteiger partial charge in [0.2, 0.25) is 5.88 Å². The number of nitrogens with one attached hydrogen (secondary N) is 1. The molecule has 2 heterocycles. The van der Waals surface area contributed by atoms with E-state index in [4.69, 9.17) is 27.9 Å². The van der Waals surface area contributed by atoms with E-state index in [-0.39, 0.29) is 23.8 Å². The molecule has 0 saturated carbocycles. The van der Waals surface area contributed by atoms with Crippen LogP contribution < -0.4 is 10.1 Å². The number of hydrogen-bond acceptors (Lipinski definition) is 3. The average molecular weight is 405 g/mol. The molecule has 1 saturated heterocycles. The van der Waals surface area contributed by atoms with Crippen molar-refractivity contribution in [3.05, 3.63) is 57.7 Å². The Labute approximate surface area is 159 Å². The van der Waals surface area contributed by atoms with E-state index in [1.54, 1.807) is 6.07 Å². The maximum absolute atomic E-state index is 12.6. The first kappa shape index (κ1) is 19.3. The van der Waals surface area contributed by atoms with Gasteiger partial charge in [-0.3, -0.25) is 0 Å². The average Bonchev–Trinajstić information content (AvgIpc) is 3.07. The Hall–Kier alpha value is -1.50. The summed E-state index contributed by atoms with van der Waals surface area (Å²) in [5, 5.41) is 4.32. The molecule has 0 radical (unpaired) electrons. The monoisotopic (exact) mass is 404 g/mol. The van der Waals surface area contributed by atoms with Crippen molar-refractivity contribution in [2.24, 2.45) is 5.92 Å². The Morgan fingerprint density at radius 3 is 2.54 bits per heavy atom. The van der Waals surface area contributed by atoms with Crippen LogP contribution in [0.15, 0.2) is 36.5 Å². The Kier molecular flexibility index (Phi) is 5.65. The number of ether oxygens (including phenoxy) is 1. The fourth-order valence-corrected chi connectivity index (χ4v) is 3.50. The van der Waals surface area contributed by atoms with Crippen LogP contribution in [0.4, 0.5) is 13.2 Å². The third-order valence-electron chi connectivity index (χ3n) is 4.61. The first-order valence-electron chi connectivity index (χ1n) is 8.11. The van der Waals surface area contributed by atoms with Crippen molar-refractivity contribution in [3.63, 3.8) is 0 Å². The lowest BCUT2D eigenvalue weighted by atomic mass is 9.86. The first-order chi connectivity index (χ1) is 12.3. The lowest BCUT2D eigenvalue weighted by molar-refractivity contribution is -0.137. The number of rotatable bonds is 4. The van der Waals surface area contributed by atoms with Crippen LogP contribution in [0.3, 0.4) is 0 Å². The summed E-state index contributed by atoms with van der Waals surface area (Å²) in [6.07, 6.45) is -3.87. The van der Waals surface area contributed by atoms with Crippen molar-refractivity contribution in [2.45, 2.75) is 25.1 Å². The number of benzene rings is 1. The fourth-order valence-electron chi connectivity index (χ4n) is 3.20. The van der Waals surface area contributed by atoms with Crippen LogP contribution in [0.25, 0.3) is 0 Å². The lowest BCUT2D eigenvalue weighted by Crippen LogP contribution is -2.29. The van der Waals surface area contributed by atoms with Gasteiger partial charge in [-0.05, 0) is 30.7 Å². The molecule has 1 N–H and O–H groups in total. The summed E-state index contributed by atoms with van der Waals surface area (Å²) in [4.78, 5) is 3.78. The van der Waals surface area contributed by atoms with Crippen molar-refractivity contribution < 1.29 is 17.9 Å². The Balaban J connectivity index is 1.72. The van der Waals surface area contributed by atoms with Crippen LogP contribution in [0.1, 0.15) is 24.0 Å². The summed E-state index contributed by atoms with van der Waals surface area (Å²) < 4.78 is 43.6. The molecule has 8 heteroatoms. The van der Waals surface area contributed by atoms with Gasteiger partial charge in [0, 0.05) is 37.2 Å². The zero-order valence-corrected chi connectivity index (χ0v) is 15.4. The van der Waals surface area contributed by atoms with Gasteiger partial charge in [0.15, 0.2) is 0 Å². The quantitative estimate of drug-likeness (QED) is 0.762. The molecule has 1 aliphatic heterocycles. The molecule has 1 aromatic heterocycles. The summed E-state index contributed by atoms with van der Waals surface area (Å²) >= 11 is 12.1. The molecule has 3 nitrogen and oxygen atoms in total. The van der Waals surface area contributed by atoms with Crippen LogP contribution in [0.5, 0.6) is 5.88 Å². The van der Waals surface area contributed by atoms with Gasteiger partial charge in [-0.15, -0.1) is 0 Å². The Morgan fingerprint density at radius 1 is 1.15 bits per heavy atom. The van der Waals surface area contributed by atoms with Gasteiger partial charge in [-0.1, -0.05) is 29.3 Å². The molecule has 140 valence electrons. The van der Waals surface area contributed by atoms with E-state index in [1.165, 1.54) is 6.07 Å². The van der Waals surface area contributed by atoms with Gasteiger partial charge >= 0.3 is 6.18 Å². The number of pyridine rings is 1. The number of nitrogens with zero attached hydrogens (tertiary/aromatic N) is 1. The smallest absolute Gasteiger partial charge is 0.417 e. The highest BCUT2D eigenvalue weighted by atomic mass is 35.5. The van der Waals surface area contributed by atoms with Crippen LogP contribution in [-0.2, 0) is 6.18 Å². The molecule has 1 aromatic carbocycles. The second-order valence-corrected chi connectivity index (χ2v) is 7.12. The zero-order chi connectivity index (χ0) is 18.9. The molecule has 26 heavy (non-hydrogen) atoms. The molecule has 0 unspecified atom stereocenters. The second kappa shape index (κ2) is 7.62. The van der Waals surface area contributed by atoms with E-state index in [0.29, 0.717) is 10.0 Å². The maximum Gasteiger partial charge on any atom is 0.417 e. The van der Waals surface area contributed by atoms with E-state index in [0.717, 1.165) is 30.9 Å².